The number of piperidine rings is 1. The third-order valence-electron chi connectivity index (χ3n) is 3.58. The van der Waals surface area contributed by atoms with Crippen LogP contribution in [0.3, 0.4) is 0 Å². The number of likely N-dealkylation sites (tertiary alicyclic amines) is 1. The first kappa shape index (κ1) is 16.9. The first-order valence-electron chi connectivity index (χ1n) is 7.01. The zero-order valence-corrected chi connectivity index (χ0v) is 13.6. The molecule has 0 bridgehead atoms. The average Bonchev–Trinajstić information content (AvgIpc) is 2.45. The van der Waals surface area contributed by atoms with Gasteiger partial charge < -0.3 is 14.7 Å². The van der Waals surface area contributed by atoms with Gasteiger partial charge in [-0.25, -0.2) is 0 Å². The van der Waals surface area contributed by atoms with Gasteiger partial charge in [0.05, 0.1) is 5.92 Å². The first-order valence-corrected chi connectivity index (χ1v) is 7.76. The highest BCUT2D eigenvalue weighted by molar-refractivity contribution is 6.34. The van der Waals surface area contributed by atoms with Crippen molar-refractivity contribution in [2.45, 2.75) is 25.9 Å². The van der Waals surface area contributed by atoms with Gasteiger partial charge in [0.25, 0.3) is 5.91 Å². The summed E-state index contributed by atoms with van der Waals surface area (Å²) in [5, 5.41) is 9.92. The van der Waals surface area contributed by atoms with E-state index in [0.717, 1.165) is 0 Å². The van der Waals surface area contributed by atoms with Crippen LogP contribution < -0.4 is 4.74 Å². The van der Waals surface area contributed by atoms with E-state index in [0.29, 0.717) is 35.2 Å². The van der Waals surface area contributed by atoms with Crippen molar-refractivity contribution in [3.05, 3.63) is 28.2 Å². The molecule has 1 aromatic carbocycles. The Hall–Kier alpha value is -1.46. The molecule has 0 spiro atoms. The summed E-state index contributed by atoms with van der Waals surface area (Å²) < 4.78 is 5.58. The predicted molar refractivity (Wildman–Crippen MR) is 83.5 cm³/mol. The monoisotopic (exact) mass is 345 g/mol. The number of carboxylic acid groups (broad SMARTS) is 1. The third kappa shape index (κ3) is 4.27. The number of nitrogens with zero attached hydrogens (tertiary/aromatic N) is 1. The van der Waals surface area contributed by atoms with Gasteiger partial charge in [0.15, 0.2) is 6.10 Å². The molecule has 7 heteroatoms. The zero-order valence-electron chi connectivity index (χ0n) is 12.1. The van der Waals surface area contributed by atoms with Gasteiger partial charge in [-0.15, -0.1) is 0 Å². The molecule has 22 heavy (non-hydrogen) atoms. The Balaban J connectivity index is 2.00. The maximum atomic E-state index is 12.4. The summed E-state index contributed by atoms with van der Waals surface area (Å²) in [5.74, 6) is -1.20. The van der Waals surface area contributed by atoms with Crippen LogP contribution in [-0.2, 0) is 9.59 Å². The lowest BCUT2D eigenvalue weighted by Crippen LogP contribution is -2.47. The van der Waals surface area contributed by atoms with Crippen LogP contribution in [0.4, 0.5) is 0 Å². The van der Waals surface area contributed by atoms with Crippen LogP contribution in [0.1, 0.15) is 19.8 Å². The lowest BCUT2D eigenvalue weighted by Gasteiger charge is -2.32. The molecule has 1 amide bonds. The molecule has 1 heterocycles. The van der Waals surface area contributed by atoms with E-state index in [1.165, 1.54) is 0 Å². The molecule has 5 nitrogen and oxygen atoms in total. The van der Waals surface area contributed by atoms with E-state index < -0.39 is 18.0 Å². The van der Waals surface area contributed by atoms with Crippen LogP contribution in [0.15, 0.2) is 18.2 Å². The van der Waals surface area contributed by atoms with Gasteiger partial charge in [-0.3, -0.25) is 9.59 Å². The molecule has 2 atom stereocenters. The van der Waals surface area contributed by atoms with Crippen LogP contribution in [0.5, 0.6) is 5.75 Å². The normalized spacial score (nSPS) is 19.6. The Morgan fingerprint density at radius 1 is 1.32 bits per heavy atom. The van der Waals surface area contributed by atoms with Crippen LogP contribution in [-0.4, -0.2) is 41.1 Å². The number of carbonyl (C=O) groups excluding carboxylic acids is 1. The average molecular weight is 346 g/mol. The molecule has 0 aromatic heterocycles. The molecule has 2 rings (SSSR count). The van der Waals surface area contributed by atoms with Crippen molar-refractivity contribution < 1.29 is 19.4 Å². The van der Waals surface area contributed by atoms with E-state index in [-0.39, 0.29) is 12.5 Å². The molecule has 1 aliphatic heterocycles. The van der Waals surface area contributed by atoms with E-state index in [9.17, 15) is 9.59 Å². The lowest BCUT2D eigenvalue weighted by atomic mass is 9.98. The summed E-state index contributed by atoms with van der Waals surface area (Å²) in [5.41, 5.74) is 0. The Labute approximate surface area is 138 Å². The molecule has 0 saturated carbocycles. The topological polar surface area (TPSA) is 66.8 Å². The minimum Gasteiger partial charge on any atom is -0.481 e. The van der Waals surface area contributed by atoms with Crippen molar-refractivity contribution in [2.24, 2.45) is 5.92 Å². The van der Waals surface area contributed by atoms with Gasteiger partial charge in [0, 0.05) is 23.1 Å². The van der Waals surface area contributed by atoms with E-state index in [1.54, 1.807) is 30.0 Å². The molecule has 0 radical (unpaired) electrons. The smallest absolute Gasteiger partial charge is 0.308 e. The molecule has 1 aromatic rings. The fourth-order valence-corrected chi connectivity index (χ4v) is 2.99. The zero-order chi connectivity index (χ0) is 16.3. The van der Waals surface area contributed by atoms with E-state index in [1.807, 2.05) is 0 Å². The lowest BCUT2D eigenvalue weighted by molar-refractivity contribution is -0.147. The van der Waals surface area contributed by atoms with Crippen molar-refractivity contribution in [2.75, 3.05) is 13.1 Å². The summed E-state index contributed by atoms with van der Waals surface area (Å²) in [6.45, 7) is 2.40. The van der Waals surface area contributed by atoms with Crippen molar-refractivity contribution >= 4 is 35.1 Å². The van der Waals surface area contributed by atoms with Crippen LogP contribution >= 0.6 is 23.2 Å². The fourth-order valence-electron chi connectivity index (χ4n) is 2.49. The van der Waals surface area contributed by atoms with Crippen molar-refractivity contribution in [3.8, 4) is 5.75 Å². The molecule has 1 fully saturated rings. The van der Waals surface area contributed by atoms with Crippen LogP contribution in [0.2, 0.25) is 10.0 Å². The van der Waals surface area contributed by atoms with Gasteiger partial charge in [-0.2, -0.15) is 0 Å². The van der Waals surface area contributed by atoms with Gasteiger partial charge in [-0.1, -0.05) is 23.2 Å². The van der Waals surface area contributed by atoms with Gasteiger partial charge in [0.1, 0.15) is 5.75 Å². The highest BCUT2D eigenvalue weighted by Crippen LogP contribution is 2.25. The summed E-state index contributed by atoms with van der Waals surface area (Å²) in [4.78, 5) is 25.0. The molecule has 120 valence electrons. The van der Waals surface area contributed by atoms with Gasteiger partial charge >= 0.3 is 5.97 Å². The standard InChI is InChI=1S/C15H17Cl2NO4/c1-9(22-13-6-11(16)5-12(17)7-13)14(19)18-4-2-3-10(8-18)15(20)21/h5-7,9-10H,2-4,8H2,1H3,(H,20,21). The number of rotatable bonds is 4. The first-order chi connectivity index (χ1) is 10.4. The summed E-state index contributed by atoms with van der Waals surface area (Å²) >= 11 is 11.8. The van der Waals surface area contributed by atoms with Crippen LogP contribution in [0.25, 0.3) is 0 Å². The number of aliphatic carboxylic acids is 1. The number of hydrogen-bond donors (Lipinski definition) is 1. The van der Waals surface area contributed by atoms with E-state index in [2.05, 4.69) is 0 Å². The molecule has 1 saturated heterocycles. The Kier molecular flexibility index (Phi) is 5.53. The Bertz CT molecular complexity index is 558. The maximum Gasteiger partial charge on any atom is 0.308 e. The maximum absolute atomic E-state index is 12.4. The Morgan fingerprint density at radius 2 is 1.95 bits per heavy atom. The summed E-state index contributed by atoms with van der Waals surface area (Å²) in [6, 6.07) is 4.73. The molecule has 2 unspecified atom stereocenters. The number of ether oxygens (including phenoxy) is 1. The van der Waals surface area contributed by atoms with Gasteiger partial charge in [0.2, 0.25) is 0 Å². The number of carbonyl (C=O) groups is 2. The second kappa shape index (κ2) is 7.20. The second-order valence-electron chi connectivity index (χ2n) is 5.33. The number of halogens is 2. The quantitative estimate of drug-likeness (QED) is 0.910. The Morgan fingerprint density at radius 3 is 2.55 bits per heavy atom. The third-order valence-corrected chi connectivity index (χ3v) is 4.02. The highest BCUT2D eigenvalue weighted by Gasteiger charge is 2.30. The van der Waals surface area contributed by atoms with E-state index >= 15 is 0 Å². The summed E-state index contributed by atoms with van der Waals surface area (Å²) in [6.07, 6.45) is 0.540. The number of benzene rings is 1. The summed E-state index contributed by atoms with van der Waals surface area (Å²) in [7, 11) is 0. The van der Waals surface area contributed by atoms with Crippen LogP contribution in [0, 0.1) is 5.92 Å². The predicted octanol–water partition coefficient (Wildman–Crippen LogP) is 3.08. The van der Waals surface area contributed by atoms with Crippen molar-refractivity contribution in [3.63, 3.8) is 0 Å². The molecular formula is C15H17Cl2NO4. The molecule has 0 aliphatic carbocycles. The molecule has 1 N–H and O–H groups in total. The SMILES string of the molecule is CC(Oc1cc(Cl)cc(Cl)c1)C(=O)N1CCCC(C(=O)O)C1. The number of carboxylic acids is 1. The largest absolute Gasteiger partial charge is 0.481 e. The van der Waals surface area contributed by atoms with Gasteiger partial charge in [-0.05, 0) is 38.0 Å². The van der Waals surface area contributed by atoms with Crippen molar-refractivity contribution in [1.82, 2.24) is 4.90 Å². The fraction of sp³-hybridized carbons (Fsp3) is 0.467. The highest BCUT2D eigenvalue weighted by atomic mass is 35.5. The molecule has 1 aliphatic rings. The number of amides is 1. The number of hydrogen-bond acceptors (Lipinski definition) is 3. The second-order valence-corrected chi connectivity index (χ2v) is 6.20. The minimum absolute atomic E-state index is 0.220. The van der Waals surface area contributed by atoms with Crippen molar-refractivity contribution in [1.29, 1.82) is 0 Å². The molecular weight excluding hydrogens is 329 g/mol. The minimum atomic E-state index is -0.868. The van der Waals surface area contributed by atoms with E-state index in [4.69, 9.17) is 33.0 Å².